The monoisotopic (exact) mass is 282 g/mol. The van der Waals surface area contributed by atoms with Crippen LogP contribution in [0.25, 0.3) is 0 Å². The molecule has 0 aliphatic carbocycles. The fourth-order valence-electron chi connectivity index (χ4n) is 3.14. The van der Waals surface area contributed by atoms with Crippen LogP contribution in [0.3, 0.4) is 0 Å². The van der Waals surface area contributed by atoms with Gasteiger partial charge in [0.15, 0.2) is 0 Å². The van der Waals surface area contributed by atoms with Crippen molar-refractivity contribution in [2.75, 3.05) is 0 Å². The van der Waals surface area contributed by atoms with E-state index in [1.54, 1.807) is 0 Å². The second-order valence-corrected chi connectivity index (χ2v) is 7.41. The summed E-state index contributed by atoms with van der Waals surface area (Å²) in [6.07, 6.45) is 2.56. The van der Waals surface area contributed by atoms with Gasteiger partial charge in [0.05, 0.1) is 23.4 Å². The zero-order valence-corrected chi connectivity index (χ0v) is 13.7. The number of hydrogen-bond donors (Lipinski definition) is 1. The van der Waals surface area contributed by atoms with Crippen LogP contribution in [0.4, 0.5) is 0 Å². The lowest BCUT2D eigenvalue weighted by Gasteiger charge is -2.43. The summed E-state index contributed by atoms with van der Waals surface area (Å²) in [7, 11) is 0. The minimum absolute atomic E-state index is 0.0189. The molecular formula is C15H26N2OS. The first kappa shape index (κ1) is 14.9. The SMILES string of the molecule is Cc1nc(C2(NC(C)C)CC(C)OC(C)C2)sc1C. The van der Waals surface area contributed by atoms with Gasteiger partial charge in [0.25, 0.3) is 0 Å². The first-order valence-corrected chi connectivity index (χ1v) is 8.02. The van der Waals surface area contributed by atoms with E-state index in [1.165, 1.54) is 9.88 Å². The van der Waals surface area contributed by atoms with Crippen LogP contribution in [0.2, 0.25) is 0 Å². The Hall–Kier alpha value is -0.450. The number of nitrogens with one attached hydrogen (secondary N) is 1. The third-order valence-electron chi connectivity index (χ3n) is 3.74. The Morgan fingerprint density at radius 3 is 2.26 bits per heavy atom. The molecule has 0 radical (unpaired) electrons. The Morgan fingerprint density at radius 1 is 1.26 bits per heavy atom. The van der Waals surface area contributed by atoms with Crippen LogP contribution < -0.4 is 5.32 Å². The number of ether oxygens (including phenoxy) is 1. The van der Waals surface area contributed by atoms with Gasteiger partial charge in [-0.1, -0.05) is 0 Å². The molecule has 3 nitrogen and oxygen atoms in total. The maximum absolute atomic E-state index is 5.92. The fourth-order valence-corrected chi connectivity index (χ4v) is 4.23. The Kier molecular flexibility index (Phi) is 4.33. The van der Waals surface area contributed by atoms with Gasteiger partial charge < -0.3 is 10.1 Å². The first-order chi connectivity index (χ1) is 8.82. The van der Waals surface area contributed by atoms with Crippen molar-refractivity contribution in [1.82, 2.24) is 10.3 Å². The largest absolute Gasteiger partial charge is 0.375 e. The summed E-state index contributed by atoms with van der Waals surface area (Å²) in [5.74, 6) is 0. The highest BCUT2D eigenvalue weighted by Gasteiger charge is 2.42. The second-order valence-electron chi connectivity index (χ2n) is 6.21. The summed E-state index contributed by atoms with van der Waals surface area (Å²) < 4.78 is 5.92. The molecule has 1 aromatic heterocycles. The van der Waals surface area contributed by atoms with E-state index in [0.29, 0.717) is 6.04 Å². The van der Waals surface area contributed by atoms with Gasteiger partial charge in [0.2, 0.25) is 0 Å². The van der Waals surface area contributed by atoms with Gasteiger partial charge >= 0.3 is 0 Å². The van der Waals surface area contributed by atoms with Crippen molar-refractivity contribution in [1.29, 1.82) is 0 Å². The summed E-state index contributed by atoms with van der Waals surface area (Å²) >= 11 is 1.84. The Morgan fingerprint density at radius 2 is 1.84 bits per heavy atom. The number of nitrogens with zero attached hydrogens (tertiary/aromatic N) is 1. The predicted molar refractivity (Wildman–Crippen MR) is 80.8 cm³/mol. The number of aromatic nitrogens is 1. The van der Waals surface area contributed by atoms with Crippen molar-refractivity contribution in [3.8, 4) is 0 Å². The summed E-state index contributed by atoms with van der Waals surface area (Å²) in [5.41, 5.74) is 1.14. The highest BCUT2D eigenvalue weighted by molar-refractivity contribution is 7.11. The molecule has 0 amide bonds. The molecule has 2 atom stereocenters. The van der Waals surface area contributed by atoms with Crippen LogP contribution >= 0.6 is 11.3 Å². The molecule has 0 saturated carbocycles. The van der Waals surface area contributed by atoms with Crippen LogP contribution in [0.5, 0.6) is 0 Å². The van der Waals surface area contributed by atoms with Crippen LogP contribution in [-0.4, -0.2) is 23.2 Å². The van der Waals surface area contributed by atoms with Crippen LogP contribution in [-0.2, 0) is 10.3 Å². The molecule has 2 rings (SSSR count). The Balaban J connectivity index is 2.38. The molecule has 1 N–H and O–H groups in total. The molecule has 4 heteroatoms. The van der Waals surface area contributed by atoms with E-state index in [9.17, 15) is 0 Å². The third-order valence-corrected chi connectivity index (χ3v) is 5.02. The van der Waals surface area contributed by atoms with E-state index in [1.807, 2.05) is 11.3 Å². The molecule has 1 aliphatic heterocycles. The number of rotatable bonds is 3. The molecule has 19 heavy (non-hydrogen) atoms. The van der Waals surface area contributed by atoms with E-state index in [4.69, 9.17) is 9.72 Å². The predicted octanol–water partition coefficient (Wildman–Crippen LogP) is 3.54. The zero-order valence-electron chi connectivity index (χ0n) is 12.9. The fraction of sp³-hybridized carbons (Fsp3) is 0.800. The topological polar surface area (TPSA) is 34.2 Å². The van der Waals surface area contributed by atoms with Crippen molar-refractivity contribution in [3.05, 3.63) is 15.6 Å². The van der Waals surface area contributed by atoms with Crippen LogP contribution in [0.1, 0.15) is 56.1 Å². The maximum atomic E-state index is 5.92. The van der Waals surface area contributed by atoms with Gasteiger partial charge in [-0.2, -0.15) is 0 Å². The van der Waals surface area contributed by atoms with Gasteiger partial charge in [-0.15, -0.1) is 11.3 Å². The minimum Gasteiger partial charge on any atom is -0.375 e. The molecule has 108 valence electrons. The van der Waals surface area contributed by atoms with Gasteiger partial charge in [-0.25, -0.2) is 4.98 Å². The lowest BCUT2D eigenvalue weighted by molar-refractivity contribution is -0.0730. The van der Waals surface area contributed by atoms with Gasteiger partial charge in [0.1, 0.15) is 5.01 Å². The van der Waals surface area contributed by atoms with E-state index in [0.717, 1.165) is 18.5 Å². The van der Waals surface area contributed by atoms with Crippen molar-refractivity contribution in [2.45, 2.75) is 78.2 Å². The van der Waals surface area contributed by atoms with Crippen LogP contribution in [0, 0.1) is 13.8 Å². The molecule has 0 spiro atoms. The van der Waals surface area contributed by atoms with Crippen molar-refractivity contribution < 1.29 is 4.74 Å². The summed E-state index contributed by atoms with van der Waals surface area (Å²) in [6, 6.07) is 0.446. The van der Waals surface area contributed by atoms with Gasteiger partial charge in [0, 0.05) is 10.9 Å². The lowest BCUT2D eigenvalue weighted by Crippen LogP contribution is -2.53. The second kappa shape index (κ2) is 5.51. The lowest BCUT2D eigenvalue weighted by atomic mass is 9.84. The molecular weight excluding hydrogens is 256 g/mol. The third kappa shape index (κ3) is 3.18. The average Bonchev–Trinajstić information content (AvgIpc) is 2.57. The average molecular weight is 282 g/mol. The smallest absolute Gasteiger partial charge is 0.113 e. The molecule has 0 aromatic carbocycles. The zero-order chi connectivity index (χ0) is 14.2. The number of aryl methyl sites for hydroxylation is 2. The van der Waals surface area contributed by atoms with Crippen molar-refractivity contribution >= 4 is 11.3 Å². The highest BCUT2D eigenvalue weighted by atomic mass is 32.1. The van der Waals surface area contributed by atoms with Gasteiger partial charge in [-0.05, 0) is 54.4 Å². The van der Waals surface area contributed by atoms with Crippen molar-refractivity contribution in [2.24, 2.45) is 0 Å². The van der Waals surface area contributed by atoms with Crippen LogP contribution in [0.15, 0.2) is 0 Å². The highest BCUT2D eigenvalue weighted by Crippen LogP contribution is 2.40. The first-order valence-electron chi connectivity index (χ1n) is 7.20. The number of thiazole rings is 1. The minimum atomic E-state index is -0.0189. The van der Waals surface area contributed by atoms with Gasteiger partial charge in [-0.3, -0.25) is 0 Å². The Bertz CT molecular complexity index is 406. The molecule has 2 heterocycles. The standard InChI is InChI=1S/C15H26N2OS/c1-9(2)17-15(7-10(3)18-11(4)8-15)14-16-12(5)13(6)19-14/h9-11,17H,7-8H2,1-6H3. The van der Waals surface area contributed by atoms with E-state index >= 15 is 0 Å². The quantitative estimate of drug-likeness (QED) is 0.920. The molecule has 1 aromatic rings. The van der Waals surface area contributed by atoms with E-state index in [-0.39, 0.29) is 17.7 Å². The van der Waals surface area contributed by atoms with E-state index in [2.05, 4.69) is 46.9 Å². The molecule has 1 aliphatic rings. The van der Waals surface area contributed by atoms with E-state index < -0.39 is 0 Å². The molecule has 1 saturated heterocycles. The molecule has 2 unspecified atom stereocenters. The summed E-state index contributed by atoms with van der Waals surface area (Å²) in [4.78, 5) is 6.15. The normalized spacial score (nSPS) is 31.9. The summed E-state index contributed by atoms with van der Waals surface area (Å²) in [6.45, 7) is 13.0. The summed E-state index contributed by atoms with van der Waals surface area (Å²) in [5, 5.41) is 5.02. The maximum Gasteiger partial charge on any atom is 0.113 e. The Labute approximate surface area is 120 Å². The molecule has 0 bridgehead atoms. The molecule has 1 fully saturated rings. The van der Waals surface area contributed by atoms with Crippen molar-refractivity contribution in [3.63, 3.8) is 0 Å². The number of hydrogen-bond acceptors (Lipinski definition) is 4.